The number of fused-ring (bicyclic) bond motifs is 5. The van der Waals surface area contributed by atoms with Crippen LogP contribution in [0.5, 0.6) is 0 Å². The van der Waals surface area contributed by atoms with Crippen LogP contribution in [0.2, 0.25) is 0 Å². The van der Waals surface area contributed by atoms with Crippen LogP contribution in [0.3, 0.4) is 0 Å². The third-order valence-electron chi connectivity index (χ3n) is 7.52. The van der Waals surface area contributed by atoms with E-state index in [1.54, 1.807) is 6.08 Å². The first-order valence-corrected chi connectivity index (χ1v) is 8.80. The summed E-state index contributed by atoms with van der Waals surface area (Å²) in [5, 5.41) is 12.6. The fraction of sp³-hybridized carbons (Fsp3) is 0.684. The van der Waals surface area contributed by atoms with Crippen molar-refractivity contribution in [1.29, 1.82) is 0 Å². The highest BCUT2D eigenvalue weighted by Crippen LogP contribution is 2.64. The van der Waals surface area contributed by atoms with Crippen LogP contribution in [0.4, 0.5) is 0 Å². The molecule has 2 saturated carbocycles. The molecular weight excluding hydrogens is 290 g/mol. The summed E-state index contributed by atoms with van der Waals surface area (Å²) in [7, 11) is 0. The van der Waals surface area contributed by atoms with Gasteiger partial charge in [0.15, 0.2) is 0 Å². The molecule has 0 radical (unpaired) electrons. The summed E-state index contributed by atoms with van der Waals surface area (Å²) >= 11 is 0. The zero-order chi connectivity index (χ0) is 16.4. The van der Waals surface area contributed by atoms with E-state index in [4.69, 9.17) is 0 Å². The van der Waals surface area contributed by atoms with Gasteiger partial charge in [-0.15, -0.1) is 0 Å². The number of carboxylic acids is 1. The number of nitrogens with one attached hydrogen (secondary N) is 1. The fourth-order valence-corrected chi connectivity index (χ4v) is 6.26. The molecular formula is C19H25NO3. The number of carbonyl (C=O) groups excluding carboxylic acids is 1. The first kappa shape index (κ1) is 15.0. The molecule has 2 fully saturated rings. The molecule has 23 heavy (non-hydrogen) atoms. The number of amides is 1. The Labute approximate surface area is 137 Å². The predicted octanol–water partition coefficient (Wildman–Crippen LogP) is 3.11. The van der Waals surface area contributed by atoms with Crippen molar-refractivity contribution in [2.45, 2.75) is 46.0 Å². The third kappa shape index (κ3) is 1.90. The number of carbonyl (C=O) groups is 2. The van der Waals surface area contributed by atoms with Gasteiger partial charge >= 0.3 is 5.97 Å². The van der Waals surface area contributed by atoms with Crippen LogP contribution >= 0.6 is 0 Å². The Morgan fingerprint density at radius 3 is 2.78 bits per heavy atom. The minimum absolute atomic E-state index is 0.0281. The Hall–Kier alpha value is -1.58. The Morgan fingerprint density at radius 1 is 1.26 bits per heavy atom. The monoisotopic (exact) mass is 315 g/mol. The van der Waals surface area contributed by atoms with Crippen LogP contribution in [0.1, 0.15) is 46.0 Å². The van der Waals surface area contributed by atoms with Crippen LogP contribution in [-0.2, 0) is 9.59 Å². The van der Waals surface area contributed by atoms with Crippen molar-refractivity contribution in [2.24, 2.45) is 34.5 Å². The van der Waals surface area contributed by atoms with E-state index in [2.05, 4.69) is 31.3 Å². The van der Waals surface area contributed by atoms with Gasteiger partial charge < -0.3 is 10.4 Å². The van der Waals surface area contributed by atoms with Crippen LogP contribution < -0.4 is 5.32 Å². The average molecular weight is 315 g/mol. The quantitative estimate of drug-likeness (QED) is 0.781. The van der Waals surface area contributed by atoms with Gasteiger partial charge in [-0.25, -0.2) is 0 Å². The summed E-state index contributed by atoms with van der Waals surface area (Å²) in [5.74, 6) is 0.698. The van der Waals surface area contributed by atoms with Gasteiger partial charge in [-0.2, -0.15) is 0 Å². The van der Waals surface area contributed by atoms with Crippen molar-refractivity contribution in [3.8, 4) is 0 Å². The molecule has 1 unspecified atom stereocenters. The average Bonchev–Trinajstić information content (AvgIpc) is 2.85. The van der Waals surface area contributed by atoms with Gasteiger partial charge in [0, 0.05) is 17.2 Å². The molecule has 0 spiro atoms. The summed E-state index contributed by atoms with van der Waals surface area (Å²) < 4.78 is 0. The Bertz CT molecular complexity index is 637. The zero-order valence-electron chi connectivity index (χ0n) is 13.8. The molecule has 2 N–H and O–H groups in total. The molecule has 0 aromatic heterocycles. The minimum atomic E-state index is -0.614. The van der Waals surface area contributed by atoms with Gasteiger partial charge in [0.05, 0.1) is 5.92 Å². The molecule has 0 aromatic rings. The first-order chi connectivity index (χ1) is 10.9. The molecule has 1 amide bonds. The molecule has 1 aliphatic heterocycles. The number of aliphatic carboxylic acids is 1. The molecule has 4 rings (SSSR count). The second kappa shape index (κ2) is 4.71. The smallest absolute Gasteiger partial charge is 0.307 e. The molecule has 1 heterocycles. The van der Waals surface area contributed by atoms with Crippen molar-refractivity contribution in [3.05, 3.63) is 23.9 Å². The Balaban J connectivity index is 1.70. The molecule has 124 valence electrons. The SMILES string of the molecule is C[C@]12C=CC(=O)NC1=CC[C@@H]1[C@@H]2CC[C@]2(C)C(C(=O)O)CC[C@@H]12. The topological polar surface area (TPSA) is 66.4 Å². The van der Waals surface area contributed by atoms with E-state index in [-0.39, 0.29) is 22.7 Å². The molecule has 0 bridgehead atoms. The summed E-state index contributed by atoms with van der Waals surface area (Å²) in [6.45, 7) is 4.44. The normalized spacial score (nSPS) is 47.9. The number of allylic oxidation sites excluding steroid dienone is 2. The summed E-state index contributed by atoms with van der Waals surface area (Å²) in [6, 6.07) is 0. The van der Waals surface area contributed by atoms with E-state index in [1.807, 2.05) is 0 Å². The number of hydrogen-bond donors (Lipinski definition) is 2. The largest absolute Gasteiger partial charge is 0.481 e. The second-order valence-electron chi connectivity index (χ2n) is 8.35. The van der Waals surface area contributed by atoms with Crippen molar-refractivity contribution in [1.82, 2.24) is 5.32 Å². The minimum Gasteiger partial charge on any atom is -0.481 e. The molecule has 4 nitrogen and oxygen atoms in total. The second-order valence-corrected chi connectivity index (χ2v) is 8.35. The van der Waals surface area contributed by atoms with Gasteiger partial charge in [-0.1, -0.05) is 26.0 Å². The number of carboxylic acid groups (broad SMARTS) is 1. The van der Waals surface area contributed by atoms with E-state index in [0.717, 1.165) is 37.8 Å². The lowest BCUT2D eigenvalue weighted by Gasteiger charge is -2.55. The first-order valence-electron chi connectivity index (χ1n) is 8.80. The standard InChI is InChI=1S/C19H25NO3/c1-18-9-7-13-11(12(18)4-5-14(18)17(22)23)3-6-15-19(13,2)10-8-16(21)20-15/h6,8,10-14H,3-5,7,9H2,1-2H3,(H,20,21)(H,22,23)/t11-,12-,13-,14?,18-,19+/m0/s1. The predicted molar refractivity (Wildman–Crippen MR) is 86.3 cm³/mol. The van der Waals surface area contributed by atoms with Gasteiger partial charge in [-0.05, 0) is 55.3 Å². The summed E-state index contributed by atoms with van der Waals surface area (Å²) in [5.41, 5.74) is 0.901. The zero-order valence-corrected chi connectivity index (χ0v) is 13.8. The lowest BCUT2D eigenvalue weighted by Crippen LogP contribution is -2.52. The van der Waals surface area contributed by atoms with Gasteiger partial charge in [-0.3, -0.25) is 9.59 Å². The van der Waals surface area contributed by atoms with E-state index in [1.165, 1.54) is 0 Å². The van der Waals surface area contributed by atoms with E-state index < -0.39 is 5.97 Å². The lowest BCUT2D eigenvalue weighted by atomic mass is 9.50. The highest BCUT2D eigenvalue weighted by atomic mass is 16.4. The van der Waals surface area contributed by atoms with E-state index >= 15 is 0 Å². The molecule has 0 aromatic carbocycles. The lowest BCUT2D eigenvalue weighted by molar-refractivity contribution is -0.148. The highest BCUT2D eigenvalue weighted by molar-refractivity contribution is 5.90. The van der Waals surface area contributed by atoms with Crippen molar-refractivity contribution < 1.29 is 14.7 Å². The maximum atomic E-state index is 11.7. The fourth-order valence-electron chi connectivity index (χ4n) is 6.26. The summed E-state index contributed by atoms with van der Waals surface area (Å²) in [6.07, 6.45) is 10.8. The molecule has 4 heteroatoms. The van der Waals surface area contributed by atoms with E-state index in [0.29, 0.717) is 17.8 Å². The van der Waals surface area contributed by atoms with Crippen LogP contribution in [-0.4, -0.2) is 17.0 Å². The highest BCUT2D eigenvalue weighted by Gasteiger charge is 2.59. The molecule has 4 aliphatic rings. The maximum absolute atomic E-state index is 11.7. The number of rotatable bonds is 1. The van der Waals surface area contributed by atoms with Crippen molar-refractivity contribution in [2.75, 3.05) is 0 Å². The molecule has 0 saturated heterocycles. The van der Waals surface area contributed by atoms with Crippen molar-refractivity contribution in [3.63, 3.8) is 0 Å². The molecule has 3 aliphatic carbocycles. The van der Waals surface area contributed by atoms with Crippen molar-refractivity contribution >= 4 is 11.9 Å². The van der Waals surface area contributed by atoms with Gasteiger partial charge in [0.1, 0.15) is 0 Å². The van der Waals surface area contributed by atoms with Gasteiger partial charge in [0.2, 0.25) is 5.91 Å². The third-order valence-corrected chi connectivity index (χ3v) is 7.52. The summed E-state index contributed by atoms with van der Waals surface area (Å²) in [4.78, 5) is 23.3. The van der Waals surface area contributed by atoms with Crippen LogP contribution in [0.15, 0.2) is 23.9 Å². The number of hydrogen-bond acceptors (Lipinski definition) is 2. The van der Waals surface area contributed by atoms with Gasteiger partial charge in [0.25, 0.3) is 0 Å². The molecule has 6 atom stereocenters. The Morgan fingerprint density at radius 2 is 2.04 bits per heavy atom. The maximum Gasteiger partial charge on any atom is 0.307 e. The van der Waals surface area contributed by atoms with Crippen LogP contribution in [0, 0.1) is 34.5 Å². The van der Waals surface area contributed by atoms with Crippen LogP contribution in [0.25, 0.3) is 0 Å². The Kier molecular flexibility index (Phi) is 3.07. The van der Waals surface area contributed by atoms with E-state index in [9.17, 15) is 14.7 Å².